The first-order valence-corrected chi connectivity index (χ1v) is 6.91. The molecule has 102 valence electrons. The molecular weight excluding hydrogens is 284 g/mol. The number of benzene rings is 1. The number of carbonyl (C=O) groups excluding carboxylic acids is 1. The number of hydrogen-bond acceptors (Lipinski definition) is 4. The molecule has 0 aliphatic carbocycles. The minimum absolute atomic E-state index is 0.466. The number of primary amides is 1. The molecule has 4 nitrogen and oxygen atoms in total. The van der Waals surface area contributed by atoms with Crippen LogP contribution in [0.25, 0.3) is 10.1 Å². The molecule has 3 aromatic rings. The number of fused-ring (bicyclic) bond motifs is 1. The van der Waals surface area contributed by atoms with E-state index in [1.807, 2.05) is 12.1 Å². The minimum Gasteiger partial charge on any atom is -0.454 e. The van der Waals surface area contributed by atoms with E-state index in [2.05, 4.69) is 10.9 Å². The van der Waals surface area contributed by atoms with Crippen molar-refractivity contribution in [2.45, 2.75) is 0 Å². The van der Waals surface area contributed by atoms with Gasteiger partial charge in [-0.25, -0.2) is 0 Å². The Hall–Kier alpha value is -2.84. The molecule has 2 N–H and O–H groups in total. The fraction of sp³-hybridized carbons (Fsp3) is 0. The monoisotopic (exact) mass is 294 g/mol. The van der Waals surface area contributed by atoms with Crippen LogP contribution in [-0.2, 0) is 0 Å². The van der Waals surface area contributed by atoms with Gasteiger partial charge < -0.3 is 10.5 Å². The number of ether oxygens (including phenoxy) is 1. The van der Waals surface area contributed by atoms with Crippen molar-refractivity contribution in [3.63, 3.8) is 0 Å². The van der Waals surface area contributed by atoms with Crippen LogP contribution in [0.4, 0.5) is 0 Å². The molecule has 0 fully saturated rings. The van der Waals surface area contributed by atoms with E-state index in [1.165, 1.54) is 11.3 Å². The number of aromatic nitrogens is 1. The van der Waals surface area contributed by atoms with Gasteiger partial charge in [0, 0.05) is 11.6 Å². The van der Waals surface area contributed by atoms with Gasteiger partial charge in [0.05, 0.1) is 21.3 Å². The van der Waals surface area contributed by atoms with E-state index in [0.29, 0.717) is 21.9 Å². The quantitative estimate of drug-likeness (QED) is 0.755. The van der Waals surface area contributed by atoms with E-state index in [1.54, 1.807) is 30.6 Å². The Balaban J connectivity index is 2.09. The van der Waals surface area contributed by atoms with E-state index in [-0.39, 0.29) is 0 Å². The normalized spacial score (nSPS) is 10.2. The second-order valence-corrected chi connectivity index (χ2v) is 5.35. The highest BCUT2D eigenvalue weighted by Gasteiger charge is 2.12. The topological polar surface area (TPSA) is 65.2 Å². The maximum Gasteiger partial charge on any atom is 0.258 e. The summed E-state index contributed by atoms with van der Waals surface area (Å²) in [5.74, 6) is 3.22. The average molecular weight is 294 g/mol. The van der Waals surface area contributed by atoms with Crippen molar-refractivity contribution in [3.8, 4) is 23.8 Å². The first kappa shape index (κ1) is 13.2. The SMILES string of the molecule is C#Cc1ccccc1Oc1cncc2sc(C(N)=O)cc12. The molecule has 3 rings (SSSR count). The third kappa shape index (κ3) is 2.45. The summed E-state index contributed by atoms with van der Waals surface area (Å²) in [7, 11) is 0. The fourth-order valence-corrected chi connectivity index (χ4v) is 2.83. The Labute approximate surface area is 125 Å². The van der Waals surface area contributed by atoms with Gasteiger partial charge in [-0.1, -0.05) is 18.1 Å². The summed E-state index contributed by atoms with van der Waals surface area (Å²) in [6.45, 7) is 0. The number of rotatable bonds is 3. The number of amides is 1. The van der Waals surface area contributed by atoms with Crippen LogP contribution in [0.15, 0.2) is 42.7 Å². The van der Waals surface area contributed by atoms with E-state index in [9.17, 15) is 4.79 Å². The van der Waals surface area contributed by atoms with Gasteiger partial charge in [0.15, 0.2) is 5.75 Å². The Bertz CT molecular complexity index is 877. The van der Waals surface area contributed by atoms with Crippen LogP contribution in [0, 0.1) is 12.3 Å². The second-order valence-electron chi connectivity index (χ2n) is 4.27. The number of nitrogens with two attached hydrogens (primary N) is 1. The maximum atomic E-state index is 11.3. The number of hydrogen-bond donors (Lipinski definition) is 1. The molecule has 1 amide bonds. The lowest BCUT2D eigenvalue weighted by Crippen LogP contribution is -2.08. The van der Waals surface area contributed by atoms with Gasteiger partial charge in [0.25, 0.3) is 5.91 Å². The lowest BCUT2D eigenvalue weighted by molar-refractivity contribution is 0.100. The highest BCUT2D eigenvalue weighted by atomic mass is 32.1. The van der Waals surface area contributed by atoms with Crippen molar-refractivity contribution in [2.75, 3.05) is 0 Å². The summed E-state index contributed by atoms with van der Waals surface area (Å²) < 4.78 is 6.69. The van der Waals surface area contributed by atoms with Crippen LogP contribution < -0.4 is 10.5 Å². The third-order valence-corrected chi connectivity index (χ3v) is 4.00. The lowest BCUT2D eigenvalue weighted by atomic mass is 10.2. The molecule has 0 aliphatic rings. The largest absolute Gasteiger partial charge is 0.454 e. The molecule has 21 heavy (non-hydrogen) atoms. The van der Waals surface area contributed by atoms with E-state index in [4.69, 9.17) is 16.9 Å². The van der Waals surface area contributed by atoms with Crippen LogP contribution in [0.5, 0.6) is 11.5 Å². The molecule has 1 aromatic carbocycles. The number of pyridine rings is 1. The van der Waals surface area contributed by atoms with Crippen molar-refractivity contribution in [3.05, 3.63) is 53.2 Å². The Morgan fingerprint density at radius 2 is 2.10 bits per heavy atom. The molecule has 0 spiro atoms. The minimum atomic E-state index is -0.467. The highest BCUT2D eigenvalue weighted by molar-refractivity contribution is 7.20. The van der Waals surface area contributed by atoms with Crippen LogP contribution in [-0.4, -0.2) is 10.9 Å². The van der Waals surface area contributed by atoms with Crippen molar-refractivity contribution < 1.29 is 9.53 Å². The maximum absolute atomic E-state index is 11.3. The Morgan fingerprint density at radius 1 is 1.29 bits per heavy atom. The van der Waals surface area contributed by atoms with Gasteiger partial charge in [0.2, 0.25) is 0 Å². The predicted molar refractivity (Wildman–Crippen MR) is 82.6 cm³/mol. The molecule has 0 aliphatic heterocycles. The van der Waals surface area contributed by atoms with E-state index in [0.717, 1.165) is 10.1 Å². The first-order chi connectivity index (χ1) is 10.2. The zero-order chi connectivity index (χ0) is 14.8. The number of para-hydroxylation sites is 1. The summed E-state index contributed by atoms with van der Waals surface area (Å²) in [5.41, 5.74) is 5.96. The number of carbonyl (C=O) groups is 1. The van der Waals surface area contributed by atoms with Crippen LogP contribution >= 0.6 is 11.3 Å². The number of thiophene rings is 1. The number of terminal acetylenes is 1. The molecule has 2 heterocycles. The van der Waals surface area contributed by atoms with Gasteiger partial charge in [-0.15, -0.1) is 17.8 Å². The molecule has 0 bridgehead atoms. The summed E-state index contributed by atoms with van der Waals surface area (Å²) >= 11 is 1.28. The van der Waals surface area contributed by atoms with Crippen molar-refractivity contribution in [1.29, 1.82) is 0 Å². The molecule has 0 atom stereocenters. The molecule has 0 unspecified atom stereocenters. The summed E-state index contributed by atoms with van der Waals surface area (Å²) in [5, 5.41) is 0.788. The van der Waals surface area contributed by atoms with Crippen molar-refractivity contribution in [1.82, 2.24) is 4.98 Å². The van der Waals surface area contributed by atoms with Gasteiger partial charge in [-0.2, -0.15) is 0 Å². The Morgan fingerprint density at radius 3 is 2.86 bits per heavy atom. The zero-order valence-corrected chi connectivity index (χ0v) is 11.7. The van der Waals surface area contributed by atoms with E-state index < -0.39 is 5.91 Å². The molecule has 5 heteroatoms. The number of nitrogens with zero attached hydrogens (tertiary/aromatic N) is 1. The molecule has 0 saturated carbocycles. The van der Waals surface area contributed by atoms with Gasteiger partial charge in [0.1, 0.15) is 5.75 Å². The van der Waals surface area contributed by atoms with Gasteiger partial charge >= 0.3 is 0 Å². The van der Waals surface area contributed by atoms with Crippen molar-refractivity contribution in [2.24, 2.45) is 5.73 Å². The second kappa shape index (κ2) is 5.27. The van der Waals surface area contributed by atoms with Crippen LogP contribution in [0.2, 0.25) is 0 Å². The smallest absolute Gasteiger partial charge is 0.258 e. The lowest BCUT2D eigenvalue weighted by Gasteiger charge is -2.08. The zero-order valence-electron chi connectivity index (χ0n) is 10.9. The van der Waals surface area contributed by atoms with Gasteiger partial charge in [-0.3, -0.25) is 9.78 Å². The molecule has 0 radical (unpaired) electrons. The van der Waals surface area contributed by atoms with E-state index >= 15 is 0 Å². The van der Waals surface area contributed by atoms with Crippen molar-refractivity contribution >= 4 is 27.3 Å². The highest BCUT2D eigenvalue weighted by Crippen LogP contribution is 2.35. The fourth-order valence-electron chi connectivity index (χ4n) is 1.93. The first-order valence-electron chi connectivity index (χ1n) is 6.10. The standard InChI is InChI=1S/C16H10N2O2S/c1-2-10-5-3-4-6-12(10)20-13-8-18-9-15-11(13)7-14(21-15)16(17)19/h1,3-9H,(H2,17,19). The summed E-state index contributed by atoms with van der Waals surface area (Å²) in [4.78, 5) is 15.9. The molecule has 0 saturated heterocycles. The predicted octanol–water partition coefficient (Wildman–Crippen LogP) is 3.17. The molecule has 2 aromatic heterocycles. The van der Waals surface area contributed by atoms with Crippen LogP contribution in [0.1, 0.15) is 15.2 Å². The third-order valence-electron chi connectivity index (χ3n) is 2.92. The Kier molecular flexibility index (Phi) is 3.30. The summed E-state index contributed by atoms with van der Waals surface area (Å²) in [6.07, 6.45) is 8.72. The average Bonchev–Trinajstić information content (AvgIpc) is 2.93. The summed E-state index contributed by atoms with van der Waals surface area (Å²) in [6, 6.07) is 8.97. The van der Waals surface area contributed by atoms with Gasteiger partial charge in [-0.05, 0) is 18.2 Å². The molecular formula is C16H10N2O2S. The van der Waals surface area contributed by atoms with Crippen LogP contribution in [0.3, 0.4) is 0 Å².